The number of hydrogen-bond donors (Lipinski definition) is 1. The van der Waals surface area contributed by atoms with Crippen LogP contribution in [0.3, 0.4) is 0 Å². The molecule has 1 heterocycles. The summed E-state index contributed by atoms with van der Waals surface area (Å²) < 4.78 is 5.93. The minimum absolute atomic E-state index is 0.280. The Labute approximate surface area is 103 Å². The lowest BCUT2D eigenvalue weighted by Gasteiger charge is -2.09. The number of hydrogen-bond acceptors (Lipinski definition) is 2. The summed E-state index contributed by atoms with van der Waals surface area (Å²) in [6, 6.07) is 6.75. The molecule has 2 aromatic rings. The topological polar surface area (TPSA) is 25.2 Å². The highest BCUT2D eigenvalue weighted by Gasteiger charge is 2.12. The molecule has 1 atom stereocenters. The Kier molecular flexibility index (Phi) is 3.53. The minimum Gasteiger partial charge on any atom is -0.459 e. The number of fused-ring (bicyclic) bond motifs is 1. The van der Waals surface area contributed by atoms with E-state index in [0.717, 1.165) is 24.3 Å². The normalized spacial score (nSPS) is 13.2. The zero-order chi connectivity index (χ0) is 12.4. The van der Waals surface area contributed by atoms with Crippen LogP contribution in [0.15, 0.2) is 22.6 Å². The first kappa shape index (κ1) is 12.2. The quantitative estimate of drug-likeness (QED) is 0.856. The lowest BCUT2D eigenvalue weighted by Crippen LogP contribution is -2.18. The molecule has 1 N–H and O–H groups in total. The molecule has 0 fully saturated rings. The van der Waals surface area contributed by atoms with Crippen molar-refractivity contribution >= 4 is 11.0 Å². The maximum Gasteiger partial charge on any atom is 0.134 e. The molecule has 1 aromatic heterocycles. The molecule has 2 heteroatoms. The van der Waals surface area contributed by atoms with Crippen LogP contribution in [0.1, 0.15) is 43.2 Å². The second kappa shape index (κ2) is 4.92. The molecule has 0 saturated heterocycles. The number of rotatable bonds is 4. The molecule has 0 aliphatic heterocycles. The van der Waals surface area contributed by atoms with Gasteiger partial charge >= 0.3 is 0 Å². The Morgan fingerprint density at radius 3 is 2.71 bits per heavy atom. The van der Waals surface area contributed by atoms with E-state index in [0.29, 0.717) is 0 Å². The van der Waals surface area contributed by atoms with Crippen LogP contribution in [0, 0.1) is 13.8 Å². The first-order chi connectivity index (χ1) is 8.11. The van der Waals surface area contributed by atoms with E-state index in [-0.39, 0.29) is 6.04 Å². The van der Waals surface area contributed by atoms with Crippen molar-refractivity contribution in [2.24, 2.45) is 0 Å². The van der Waals surface area contributed by atoms with Crippen molar-refractivity contribution in [2.75, 3.05) is 6.54 Å². The van der Waals surface area contributed by atoms with E-state index in [1.54, 1.807) is 0 Å². The van der Waals surface area contributed by atoms with Crippen molar-refractivity contribution in [1.82, 2.24) is 5.32 Å². The average molecular weight is 231 g/mol. The second-order valence-electron chi connectivity index (χ2n) is 4.82. The second-order valence-corrected chi connectivity index (χ2v) is 4.82. The van der Waals surface area contributed by atoms with E-state index < -0.39 is 0 Å². The Morgan fingerprint density at radius 2 is 2.00 bits per heavy atom. The van der Waals surface area contributed by atoms with E-state index in [9.17, 15) is 0 Å². The molecular formula is C15H21NO. The first-order valence-corrected chi connectivity index (χ1v) is 6.36. The van der Waals surface area contributed by atoms with Crippen LogP contribution in [0.5, 0.6) is 0 Å². The molecule has 0 spiro atoms. The summed E-state index contributed by atoms with van der Waals surface area (Å²) in [7, 11) is 0. The van der Waals surface area contributed by atoms with E-state index in [1.165, 1.54) is 16.5 Å². The standard InChI is InChI=1S/C15H21NO/c1-5-6-16-12(4)14-9-13-11(3)7-10(2)8-15(13)17-14/h7-9,12,16H,5-6H2,1-4H3. The van der Waals surface area contributed by atoms with E-state index in [2.05, 4.69) is 51.2 Å². The highest BCUT2D eigenvalue weighted by atomic mass is 16.3. The Morgan fingerprint density at radius 1 is 1.24 bits per heavy atom. The van der Waals surface area contributed by atoms with Gasteiger partial charge in [0.05, 0.1) is 6.04 Å². The SMILES string of the molecule is CCCNC(C)c1cc2c(C)cc(C)cc2o1. The molecule has 1 unspecified atom stereocenters. The molecule has 0 bridgehead atoms. The molecule has 1 aromatic carbocycles. The lowest BCUT2D eigenvalue weighted by molar-refractivity contribution is 0.452. The molecule has 0 aliphatic rings. The molecule has 2 rings (SSSR count). The number of benzene rings is 1. The predicted molar refractivity (Wildman–Crippen MR) is 72.4 cm³/mol. The van der Waals surface area contributed by atoms with Crippen molar-refractivity contribution < 1.29 is 4.42 Å². The summed E-state index contributed by atoms with van der Waals surface area (Å²) in [6.07, 6.45) is 1.14. The van der Waals surface area contributed by atoms with E-state index >= 15 is 0 Å². The molecule has 0 radical (unpaired) electrons. The van der Waals surface area contributed by atoms with Crippen molar-refractivity contribution in [3.8, 4) is 0 Å². The Balaban J connectivity index is 2.34. The third kappa shape index (κ3) is 2.52. The molecule has 2 nitrogen and oxygen atoms in total. The van der Waals surface area contributed by atoms with Gasteiger partial charge in [-0.3, -0.25) is 0 Å². The third-order valence-corrected chi connectivity index (χ3v) is 3.13. The van der Waals surface area contributed by atoms with Crippen LogP contribution in [0.4, 0.5) is 0 Å². The van der Waals surface area contributed by atoms with E-state index in [4.69, 9.17) is 4.42 Å². The van der Waals surface area contributed by atoms with Gasteiger partial charge in [-0.1, -0.05) is 13.0 Å². The summed E-state index contributed by atoms with van der Waals surface area (Å²) in [5, 5.41) is 4.68. The fourth-order valence-electron chi connectivity index (χ4n) is 2.18. The van der Waals surface area contributed by atoms with Crippen LogP contribution in [-0.2, 0) is 0 Å². The van der Waals surface area contributed by atoms with Gasteiger partial charge in [0, 0.05) is 5.39 Å². The van der Waals surface area contributed by atoms with Gasteiger partial charge in [0.2, 0.25) is 0 Å². The summed E-state index contributed by atoms with van der Waals surface area (Å²) in [4.78, 5) is 0. The van der Waals surface area contributed by atoms with Gasteiger partial charge in [0.15, 0.2) is 0 Å². The van der Waals surface area contributed by atoms with E-state index in [1.807, 2.05) is 0 Å². The number of aryl methyl sites for hydroxylation is 2. The lowest BCUT2D eigenvalue weighted by atomic mass is 10.1. The average Bonchev–Trinajstić information content (AvgIpc) is 2.69. The molecule has 17 heavy (non-hydrogen) atoms. The van der Waals surface area contributed by atoms with Crippen molar-refractivity contribution in [3.63, 3.8) is 0 Å². The molecular weight excluding hydrogens is 210 g/mol. The van der Waals surface area contributed by atoms with Crippen LogP contribution < -0.4 is 5.32 Å². The monoisotopic (exact) mass is 231 g/mol. The molecule has 0 aliphatic carbocycles. The van der Waals surface area contributed by atoms with Gasteiger partial charge < -0.3 is 9.73 Å². The molecule has 0 amide bonds. The fourth-order valence-corrected chi connectivity index (χ4v) is 2.18. The van der Waals surface area contributed by atoms with Crippen LogP contribution in [0.25, 0.3) is 11.0 Å². The largest absolute Gasteiger partial charge is 0.459 e. The van der Waals surface area contributed by atoms with Gasteiger partial charge in [-0.15, -0.1) is 0 Å². The zero-order valence-corrected chi connectivity index (χ0v) is 11.1. The van der Waals surface area contributed by atoms with Crippen molar-refractivity contribution in [2.45, 2.75) is 40.2 Å². The number of nitrogens with one attached hydrogen (secondary N) is 1. The van der Waals surface area contributed by atoms with Crippen molar-refractivity contribution in [3.05, 3.63) is 35.1 Å². The van der Waals surface area contributed by atoms with Crippen LogP contribution in [0.2, 0.25) is 0 Å². The highest BCUT2D eigenvalue weighted by Crippen LogP contribution is 2.27. The number of furan rings is 1. The summed E-state index contributed by atoms with van der Waals surface area (Å²) >= 11 is 0. The molecule has 0 saturated carbocycles. The smallest absolute Gasteiger partial charge is 0.134 e. The Bertz CT molecular complexity index is 513. The summed E-state index contributed by atoms with van der Waals surface area (Å²) in [5.74, 6) is 1.03. The summed E-state index contributed by atoms with van der Waals surface area (Å²) in [5.41, 5.74) is 3.55. The third-order valence-electron chi connectivity index (χ3n) is 3.13. The van der Waals surface area contributed by atoms with Gasteiger partial charge in [-0.25, -0.2) is 0 Å². The van der Waals surface area contributed by atoms with Gasteiger partial charge in [0.25, 0.3) is 0 Å². The zero-order valence-electron chi connectivity index (χ0n) is 11.1. The predicted octanol–water partition coefficient (Wildman–Crippen LogP) is 4.11. The van der Waals surface area contributed by atoms with Gasteiger partial charge in [0.1, 0.15) is 11.3 Å². The Hall–Kier alpha value is -1.28. The van der Waals surface area contributed by atoms with Gasteiger partial charge in [-0.05, 0) is 57.0 Å². The maximum absolute atomic E-state index is 5.93. The van der Waals surface area contributed by atoms with Crippen LogP contribution in [-0.4, -0.2) is 6.54 Å². The molecule has 92 valence electrons. The van der Waals surface area contributed by atoms with Gasteiger partial charge in [-0.2, -0.15) is 0 Å². The highest BCUT2D eigenvalue weighted by molar-refractivity contribution is 5.82. The fraction of sp³-hybridized carbons (Fsp3) is 0.467. The maximum atomic E-state index is 5.93. The summed E-state index contributed by atoms with van der Waals surface area (Å²) in [6.45, 7) is 9.59. The minimum atomic E-state index is 0.280. The first-order valence-electron chi connectivity index (χ1n) is 6.36. The van der Waals surface area contributed by atoms with Crippen LogP contribution >= 0.6 is 0 Å². The van der Waals surface area contributed by atoms with Crippen molar-refractivity contribution in [1.29, 1.82) is 0 Å².